The minimum atomic E-state index is -0.946. The summed E-state index contributed by atoms with van der Waals surface area (Å²) < 4.78 is 7.86. The third-order valence-corrected chi connectivity index (χ3v) is 5.14. The summed E-state index contributed by atoms with van der Waals surface area (Å²) in [6, 6.07) is 16.0. The summed E-state index contributed by atoms with van der Waals surface area (Å²) in [6.07, 6.45) is 9.99. The van der Waals surface area contributed by atoms with Crippen molar-refractivity contribution in [1.29, 1.82) is 0 Å². The molecule has 0 amide bonds. The number of aromatic nitrogens is 2. The van der Waals surface area contributed by atoms with Crippen LogP contribution in [0.25, 0.3) is 6.08 Å². The highest BCUT2D eigenvalue weighted by molar-refractivity contribution is 5.73. The monoisotopic (exact) mass is 388 g/mol. The van der Waals surface area contributed by atoms with Gasteiger partial charge in [-0.25, -0.2) is 9.78 Å². The van der Waals surface area contributed by atoms with Crippen LogP contribution in [-0.2, 0) is 24.2 Å². The molecule has 1 atom stereocenters. The van der Waals surface area contributed by atoms with Crippen molar-refractivity contribution in [2.45, 2.75) is 38.3 Å². The minimum Gasteiger partial charge on any atom is -0.479 e. The van der Waals surface area contributed by atoms with Crippen molar-refractivity contribution in [2.24, 2.45) is 0 Å². The van der Waals surface area contributed by atoms with Crippen LogP contribution in [0.1, 0.15) is 35.2 Å². The van der Waals surface area contributed by atoms with E-state index in [-0.39, 0.29) is 0 Å². The number of carboxylic acids is 1. The second-order valence-electron chi connectivity index (χ2n) is 7.26. The number of rotatable bonds is 8. The van der Waals surface area contributed by atoms with Crippen LogP contribution < -0.4 is 4.74 Å². The van der Waals surface area contributed by atoms with Crippen molar-refractivity contribution in [2.75, 3.05) is 0 Å². The fraction of sp³-hybridized carbons (Fsp3) is 0.250. The number of carbonyl (C=O) groups is 1. The largest absolute Gasteiger partial charge is 0.479 e. The van der Waals surface area contributed by atoms with E-state index in [4.69, 9.17) is 4.74 Å². The van der Waals surface area contributed by atoms with Crippen molar-refractivity contribution < 1.29 is 14.6 Å². The Morgan fingerprint density at radius 2 is 2.03 bits per heavy atom. The number of hydrogen-bond donors (Lipinski definition) is 1. The van der Waals surface area contributed by atoms with Gasteiger partial charge in [-0.1, -0.05) is 54.6 Å². The summed E-state index contributed by atoms with van der Waals surface area (Å²) in [5.74, 6) is -0.270. The number of benzene rings is 2. The van der Waals surface area contributed by atoms with Gasteiger partial charge in [-0.2, -0.15) is 0 Å². The van der Waals surface area contributed by atoms with E-state index in [1.54, 1.807) is 6.33 Å². The highest BCUT2D eigenvalue weighted by Gasteiger charge is 2.22. The molecule has 5 heteroatoms. The molecule has 29 heavy (non-hydrogen) atoms. The van der Waals surface area contributed by atoms with Crippen LogP contribution in [0.15, 0.2) is 67.1 Å². The average molecular weight is 388 g/mol. The van der Waals surface area contributed by atoms with Crippen molar-refractivity contribution in [3.8, 4) is 5.75 Å². The molecule has 1 unspecified atom stereocenters. The van der Waals surface area contributed by atoms with Gasteiger partial charge in [0.25, 0.3) is 0 Å². The molecule has 1 N–H and O–H groups in total. The van der Waals surface area contributed by atoms with Gasteiger partial charge in [-0.3, -0.25) is 0 Å². The Kier molecular flexibility index (Phi) is 5.75. The molecule has 3 aromatic rings. The molecule has 0 radical (unpaired) electrons. The van der Waals surface area contributed by atoms with Gasteiger partial charge in [0.1, 0.15) is 5.75 Å². The lowest BCUT2D eigenvalue weighted by molar-refractivity contribution is -0.145. The molecule has 0 bridgehead atoms. The van der Waals surface area contributed by atoms with Crippen molar-refractivity contribution in [3.63, 3.8) is 0 Å². The average Bonchev–Trinajstić information content (AvgIpc) is 3.19. The molecule has 0 saturated carbocycles. The highest BCUT2D eigenvalue weighted by Crippen LogP contribution is 2.29. The first-order valence-corrected chi connectivity index (χ1v) is 9.91. The summed E-state index contributed by atoms with van der Waals surface area (Å²) in [7, 11) is 0. The first-order valence-electron chi connectivity index (χ1n) is 9.91. The number of ether oxygens (including phenoxy) is 1. The first kappa shape index (κ1) is 19.0. The molecule has 148 valence electrons. The molecule has 4 rings (SSSR count). The van der Waals surface area contributed by atoms with Crippen LogP contribution in [0.3, 0.4) is 0 Å². The van der Waals surface area contributed by atoms with Crippen LogP contribution in [0.5, 0.6) is 5.75 Å². The molecular weight excluding hydrogens is 364 g/mol. The van der Waals surface area contributed by atoms with Gasteiger partial charge in [0.05, 0.1) is 12.0 Å². The Morgan fingerprint density at radius 3 is 2.86 bits per heavy atom. The number of hydrogen-bond acceptors (Lipinski definition) is 3. The molecule has 0 saturated heterocycles. The molecule has 0 aliphatic heterocycles. The zero-order valence-electron chi connectivity index (χ0n) is 16.2. The summed E-state index contributed by atoms with van der Waals surface area (Å²) >= 11 is 0. The lowest BCUT2D eigenvalue weighted by Gasteiger charge is -2.20. The van der Waals surface area contributed by atoms with E-state index in [1.165, 1.54) is 5.56 Å². The fourth-order valence-corrected chi connectivity index (χ4v) is 3.63. The van der Waals surface area contributed by atoms with E-state index in [0.29, 0.717) is 18.7 Å². The fourth-order valence-electron chi connectivity index (χ4n) is 3.63. The zero-order chi connectivity index (χ0) is 20.1. The smallest absolute Gasteiger partial charge is 0.344 e. The highest BCUT2D eigenvalue weighted by atomic mass is 16.5. The van der Waals surface area contributed by atoms with Gasteiger partial charge in [-0.15, -0.1) is 0 Å². The third-order valence-electron chi connectivity index (χ3n) is 5.14. The van der Waals surface area contributed by atoms with Gasteiger partial charge in [0.2, 0.25) is 0 Å². The number of allylic oxidation sites excluding steroid dienone is 1. The lowest BCUT2D eigenvalue weighted by atomic mass is 9.96. The Balaban J connectivity index is 1.40. The molecule has 1 aliphatic rings. The molecule has 1 aliphatic carbocycles. The Morgan fingerprint density at radius 1 is 1.17 bits per heavy atom. The first-order chi connectivity index (χ1) is 14.2. The Hall–Kier alpha value is -3.34. The Labute approximate surface area is 170 Å². The molecule has 0 fully saturated rings. The number of aliphatic carboxylic acids is 1. The summed E-state index contributed by atoms with van der Waals surface area (Å²) in [5, 5.41) is 9.65. The van der Waals surface area contributed by atoms with Crippen molar-refractivity contribution in [1.82, 2.24) is 9.55 Å². The van der Waals surface area contributed by atoms with E-state index < -0.39 is 12.1 Å². The SMILES string of the molecule is O=C(O)C(CCn1cnc(Cc2ccccc2)c1)Oc1cccc2c1CCC=C2. The zero-order valence-corrected chi connectivity index (χ0v) is 16.2. The van der Waals surface area contributed by atoms with Crippen LogP contribution in [0, 0.1) is 0 Å². The van der Waals surface area contributed by atoms with Gasteiger partial charge in [0, 0.05) is 31.1 Å². The maximum absolute atomic E-state index is 11.8. The van der Waals surface area contributed by atoms with Gasteiger partial charge < -0.3 is 14.4 Å². The third kappa shape index (κ3) is 4.74. The maximum atomic E-state index is 11.8. The second kappa shape index (κ2) is 8.78. The lowest BCUT2D eigenvalue weighted by Crippen LogP contribution is -2.29. The van der Waals surface area contributed by atoms with Gasteiger partial charge in [-0.05, 0) is 30.0 Å². The number of imidazole rings is 1. The molecule has 5 nitrogen and oxygen atoms in total. The topological polar surface area (TPSA) is 64.3 Å². The minimum absolute atomic E-state index is 0.371. The summed E-state index contributed by atoms with van der Waals surface area (Å²) in [6.45, 7) is 0.535. The van der Waals surface area contributed by atoms with E-state index in [2.05, 4.69) is 29.3 Å². The predicted octanol–water partition coefficient (Wildman–Crippen LogP) is 4.36. The van der Waals surface area contributed by atoms with Gasteiger partial charge in [0.15, 0.2) is 6.10 Å². The van der Waals surface area contributed by atoms with Crippen molar-refractivity contribution in [3.05, 3.63) is 89.5 Å². The van der Waals surface area contributed by atoms with E-state index in [9.17, 15) is 9.90 Å². The Bertz CT molecular complexity index is 1010. The number of fused-ring (bicyclic) bond motifs is 1. The maximum Gasteiger partial charge on any atom is 0.344 e. The van der Waals surface area contributed by atoms with Gasteiger partial charge >= 0.3 is 5.97 Å². The van der Waals surface area contributed by atoms with E-state index >= 15 is 0 Å². The second-order valence-corrected chi connectivity index (χ2v) is 7.26. The normalized spacial score (nSPS) is 13.7. The molecule has 0 spiro atoms. The van der Waals surface area contributed by atoms with Crippen molar-refractivity contribution >= 4 is 12.0 Å². The quantitative estimate of drug-likeness (QED) is 0.623. The van der Waals surface area contributed by atoms with Crippen LogP contribution in [0.2, 0.25) is 0 Å². The van der Waals surface area contributed by atoms with Crippen LogP contribution in [0.4, 0.5) is 0 Å². The van der Waals surface area contributed by atoms with Crippen LogP contribution in [-0.4, -0.2) is 26.7 Å². The molecular formula is C24H24N2O3. The number of nitrogens with zero attached hydrogens (tertiary/aromatic N) is 2. The molecule has 2 aromatic carbocycles. The summed E-state index contributed by atoms with van der Waals surface area (Å²) in [4.78, 5) is 16.2. The standard InChI is InChI=1S/C24H24N2O3/c27-24(28)23(29-22-12-6-10-19-9-4-5-11-21(19)22)13-14-26-16-20(25-17-26)15-18-7-2-1-3-8-18/h1-4,6-10,12,16-17,23H,5,11,13-15H2,(H,27,28). The molecule has 1 aromatic heterocycles. The number of carboxylic acid groups (broad SMARTS) is 1. The van der Waals surface area contributed by atoms with E-state index in [1.807, 2.05) is 47.2 Å². The number of aryl methyl sites for hydroxylation is 1. The molecule has 1 heterocycles. The van der Waals surface area contributed by atoms with Crippen LogP contribution >= 0.6 is 0 Å². The summed E-state index contributed by atoms with van der Waals surface area (Å²) in [5.41, 5.74) is 4.37. The predicted molar refractivity (Wildman–Crippen MR) is 112 cm³/mol. The van der Waals surface area contributed by atoms with E-state index in [0.717, 1.165) is 36.1 Å².